The zero-order chi connectivity index (χ0) is 12.3. The molecule has 6 heteroatoms. The molecule has 0 aliphatic heterocycles. The predicted octanol–water partition coefficient (Wildman–Crippen LogP) is -4.99. The van der Waals surface area contributed by atoms with Gasteiger partial charge in [-0.2, -0.15) is 17.7 Å². The van der Waals surface area contributed by atoms with Crippen LogP contribution in [-0.2, 0) is 4.79 Å². The number of rotatable bonds is 3. The Kier molecular flexibility index (Phi) is 10.1. The Morgan fingerprint density at radius 1 is 0.850 bits per heavy atom. The average Bonchev–Trinajstić information content (AvgIpc) is 2.39. The number of carboxylic acids is 1. The number of hydrogen-bond donors (Lipinski definition) is 0. The molecule has 0 fully saturated rings. The number of hydrogen-bond acceptors (Lipinski definition) is 4. The summed E-state index contributed by atoms with van der Waals surface area (Å²) in [6, 6.07) is 13.3. The molecule has 2 aromatic rings. The molecular weight excluding hydrogens is 246 g/mol. The summed E-state index contributed by atoms with van der Waals surface area (Å²) in [4.78, 5) is 21.0. The summed E-state index contributed by atoms with van der Waals surface area (Å²) in [5.41, 5.74) is 2.42. The first kappa shape index (κ1) is 21.0. The van der Waals surface area contributed by atoms with Crippen molar-refractivity contribution in [3.05, 3.63) is 59.7 Å². The molecule has 0 aliphatic carbocycles. The molecular formula is C14H9Li2O4-. The molecule has 2 aromatic carbocycles. The molecule has 0 atom stereocenters. The van der Waals surface area contributed by atoms with E-state index in [1.807, 2.05) is 0 Å². The van der Waals surface area contributed by atoms with E-state index in [1.54, 1.807) is 42.7 Å². The number of aromatic carboxylic acids is 1. The van der Waals surface area contributed by atoms with Gasteiger partial charge in [0.15, 0.2) is 0 Å². The Labute approximate surface area is 140 Å². The molecule has 92 valence electrons. The molecule has 0 aromatic heterocycles. The molecule has 0 spiro atoms. The van der Waals surface area contributed by atoms with Crippen molar-refractivity contribution < 1.29 is 57.9 Å². The van der Waals surface area contributed by atoms with Gasteiger partial charge in [0.1, 0.15) is 0 Å². The quantitative estimate of drug-likeness (QED) is 0.406. The van der Waals surface area contributed by atoms with E-state index in [-0.39, 0.29) is 48.8 Å². The first-order chi connectivity index (χ1) is 8.20. The van der Waals surface area contributed by atoms with Crippen molar-refractivity contribution in [2.45, 2.75) is 0 Å². The molecule has 0 amide bonds. The fraction of sp³-hybridized carbons (Fsp3) is 0. The molecule has 20 heavy (non-hydrogen) atoms. The molecule has 0 unspecified atom stereocenters. The molecule has 0 heterocycles. The van der Waals surface area contributed by atoms with Gasteiger partial charge in [0, 0.05) is 0 Å². The van der Waals surface area contributed by atoms with Gasteiger partial charge in [-0.25, -0.2) is 0 Å². The normalized spacial score (nSPS) is 8.40. The molecule has 1 N–H and O–H groups in total. The third kappa shape index (κ3) is 5.02. The minimum Gasteiger partial charge on any atom is -0.870 e. The van der Waals surface area contributed by atoms with Crippen molar-refractivity contribution >= 4 is 12.3 Å². The average molecular weight is 255 g/mol. The van der Waals surface area contributed by atoms with E-state index in [1.165, 1.54) is 12.1 Å². The third-order valence-corrected chi connectivity index (χ3v) is 2.46. The van der Waals surface area contributed by atoms with Crippen LogP contribution < -0.4 is 42.8 Å². The smallest absolute Gasteiger partial charge is 0.870 e. The second-order valence-corrected chi connectivity index (χ2v) is 3.54. The van der Waals surface area contributed by atoms with Crippen LogP contribution in [0.1, 0.15) is 15.9 Å². The Balaban J connectivity index is 0. The maximum Gasteiger partial charge on any atom is 1.00 e. The van der Waals surface area contributed by atoms with E-state index >= 15 is 0 Å². The number of benzene rings is 2. The second-order valence-electron chi connectivity index (χ2n) is 3.54. The Hall–Kier alpha value is -1.27. The standard InChI is InChI=1S/C14H9O3.2Li.H2O/c15-9-10-1-3-11(4-2-10)12-5-7-13(8-6-12)14(16)17;;;/h1-8H,(H,16,17);;;1H2/q-1;2*+1;/p-2. The van der Waals surface area contributed by atoms with Gasteiger partial charge >= 0.3 is 37.7 Å². The van der Waals surface area contributed by atoms with E-state index < -0.39 is 5.97 Å². The van der Waals surface area contributed by atoms with Crippen LogP contribution in [0.15, 0.2) is 48.5 Å². The van der Waals surface area contributed by atoms with Crippen molar-refractivity contribution in [2.24, 2.45) is 0 Å². The predicted molar refractivity (Wildman–Crippen MR) is 62.9 cm³/mol. The summed E-state index contributed by atoms with van der Waals surface area (Å²) in [5, 5.41) is 10.6. The molecule has 0 saturated heterocycles. The van der Waals surface area contributed by atoms with Crippen LogP contribution in [0.25, 0.3) is 11.1 Å². The van der Waals surface area contributed by atoms with Gasteiger partial charge in [-0.05, 0) is 16.7 Å². The van der Waals surface area contributed by atoms with Crippen molar-refractivity contribution in [1.29, 1.82) is 0 Å². The molecule has 2 rings (SSSR count). The van der Waals surface area contributed by atoms with Gasteiger partial charge in [-0.15, -0.1) is 12.1 Å². The SMILES string of the molecule is O=[C-]c1ccc(-c2ccc(C(=O)[O-])cc2)cc1.[Li+].[Li+].[OH-]. The Morgan fingerprint density at radius 3 is 1.60 bits per heavy atom. The molecule has 0 radical (unpaired) electrons. The molecule has 4 nitrogen and oxygen atoms in total. The first-order valence-corrected chi connectivity index (χ1v) is 5.01. The first-order valence-electron chi connectivity index (χ1n) is 5.01. The Morgan fingerprint density at radius 2 is 1.25 bits per heavy atom. The van der Waals surface area contributed by atoms with E-state index in [9.17, 15) is 14.7 Å². The van der Waals surface area contributed by atoms with Gasteiger partial charge in [0.25, 0.3) is 0 Å². The fourth-order valence-electron chi connectivity index (χ4n) is 1.53. The maximum absolute atomic E-state index is 10.6. The van der Waals surface area contributed by atoms with Crippen LogP contribution in [0.3, 0.4) is 0 Å². The minimum absolute atomic E-state index is 0. The molecule has 0 saturated carbocycles. The van der Waals surface area contributed by atoms with Crippen molar-refractivity contribution in [3.8, 4) is 11.1 Å². The maximum atomic E-state index is 10.6. The van der Waals surface area contributed by atoms with Crippen molar-refractivity contribution in [3.63, 3.8) is 0 Å². The van der Waals surface area contributed by atoms with E-state index in [2.05, 4.69) is 0 Å². The van der Waals surface area contributed by atoms with Crippen LogP contribution >= 0.6 is 0 Å². The second kappa shape index (κ2) is 9.61. The van der Waals surface area contributed by atoms with Gasteiger partial charge in [-0.3, -0.25) is 0 Å². The Bertz CT molecular complexity index is 550. The van der Waals surface area contributed by atoms with Crippen LogP contribution in [-0.4, -0.2) is 17.7 Å². The van der Waals surface area contributed by atoms with Crippen LogP contribution in [0.4, 0.5) is 0 Å². The zero-order valence-electron chi connectivity index (χ0n) is 11.3. The van der Waals surface area contributed by atoms with Gasteiger partial charge in [0.05, 0.1) is 12.3 Å². The number of carboxylic acid groups (broad SMARTS) is 1. The van der Waals surface area contributed by atoms with Gasteiger partial charge in [0.2, 0.25) is 0 Å². The number of carbonyl (C=O) groups excluding carboxylic acids is 2. The van der Waals surface area contributed by atoms with Gasteiger partial charge in [-0.1, -0.05) is 24.3 Å². The van der Waals surface area contributed by atoms with E-state index in [0.29, 0.717) is 5.56 Å². The zero-order valence-corrected chi connectivity index (χ0v) is 11.3. The summed E-state index contributed by atoms with van der Waals surface area (Å²) >= 11 is 0. The number of carbonyl (C=O) groups is 1. The topological polar surface area (TPSA) is 87.2 Å². The molecule has 0 bridgehead atoms. The van der Waals surface area contributed by atoms with E-state index in [0.717, 1.165) is 11.1 Å². The van der Waals surface area contributed by atoms with Crippen molar-refractivity contribution in [1.82, 2.24) is 0 Å². The summed E-state index contributed by atoms with van der Waals surface area (Å²) in [5.74, 6) is -1.19. The van der Waals surface area contributed by atoms with Crippen LogP contribution in [0.5, 0.6) is 0 Å². The van der Waals surface area contributed by atoms with Crippen LogP contribution in [0.2, 0.25) is 0 Å². The summed E-state index contributed by atoms with van der Waals surface area (Å²) < 4.78 is 0. The van der Waals surface area contributed by atoms with Crippen LogP contribution in [0, 0.1) is 0 Å². The monoisotopic (exact) mass is 255 g/mol. The van der Waals surface area contributed by atoms with E-state index in [4.69, 9.17) is 0 Å². The fourth-order valence-corrected chi connectivity index (χ4v) is 1.53. The minimum atomic E-state index is -1.19. The summed E-state index contributed by atoms with van der Waals surface area (Å²) in [6.45, 7) is 0. The largest absolute Gasteiger partial charge is 1.00 e. The summed E-state index contributed by atoms with van der Waals surface area (Å²) in [6.07, 6.45) is 1.79. The van der Waals surface area contributed by atoms with Crippen molar-refractivity contribution in [2.75, 3.05) is 0 Å². The van der Waals surface area contributed by atoms with Gasteiger partial charge < -0.3 is 20.2 Å². The summed E-state index contributed by atoms with van der Waals surface area (Å²) in [7, 11) is 0. The third-order valence-electron chi connectivity index (χ3n) is 2.46. The molecule has 0 aliphatic rings.